The Morgan fingerprint density at radius 3 is 2.09 bits per heavy atom. The lowest BCUT2D eigenvalue weighted by Gasteiger charge is -2.43. The van der Waals surface area contributed by atoms with Crippen molar-refractivity contribution < 1.29 is 27.1 Å². The van der Waals surface area contributed by atoms with E-state index in [4.69, 9.17) is 23.6 Å². The third kappa shape index (κ3) is 5.71. The fraction of sp³-hybridized carbons (Fsp3) is 0.424. The minimum absolute atomic E-state index is 0.225. The van der Waals surface area contributed by atoms with Gasteiger partial charge in [0, 0.05) is 17.7 Å². The summed E-state index contributed by atoms with van der Waals surface area (Å²) < 4.78 is 57.8. The Kier molecular flexibility index (Phi) is 8.60. The molecular formula is C33H40IN3O6SSi. The van der Waals surface area contributed by atoms with Crippen LogP contribution in [0, 0.1) is 3.57 Å². The molecule has 4 aromatic rings. The molecule has 3 aromatic carbocycles. The van der Waals surface area contributed by atoms with Gasteiger partial charge in [-0.3, -0.25) is 0 Å². The Bertz CT molecular complexity index is 1750. The van der Waals surface area contributed by atoms with Crippen molar-refractivity contribution in [3.8, 4) is 0 Å². The van der Waals surface area contributed by atoms with E-state index >= 15 is 0 Å². The smallest absolute Gasteiger partial charge is 0.309 e. The van der Waals surface area contributed by atoms with Crippen molar-refractivity contribution in [2.75, 3.05) is 20.7 Å². The van der Waals surface area contributed by atoms with Crippen LogP contribution in [-0.2, 0) is 28.8 Å². The van der Waals surface area contributed by atoms with Crippen LogP contribution in [0.15, 0.2) is 78.9 Å². The van der Waals surface area contributed by atoms with Gasteiger partial charge in [-0.05, 0) is 70.0 Å². The predicted octanol–water partition coefficient (Wildman–Crippen LogP) is 4.83. The molecule has 0 radical (unpaired) electrons. The van der Waals surface area contributed by atoms with E-state index in [-0.39, 0.29) is 17.5 Å². The minimum atomic E-state index is -3.96. The summed E-state index contributed by atoms with van der Waals surface area (Å²) in [7, 11) is -3.83. The number of hydrogen-bond donors (Lipinski definition) is 0. The fourth-order valence-corrected chi connectivity index (χ4v) is 12.8. The van der Waals surface area contributed by atoms with Crippen molar-refractivity contribution in [3.05, 3.63) is 88.3 Å². The maximum Gasteiger partial charge on any atom is 0.309 e. The number of aromatic nitrogens is 2. The molecule has 0 aliphatic carbocycles. The van der Waals surface area contributed by atoms with E-state index in [1.807, 2.05) is 38.1 Å². The van der Waals surface area contributed by atoms with Gasteiger partial charge in [-0.2, -0.15) is 12.7 Å². The number of imidazole rings is 1. The lowest BCUT2D eigenvalue weighted by atomic mass is 10.1. The normalized spacial score (nSPS) is 23.6. The molecule has 45 heavy (non-hydrogen) atoms. The SMILES string of the molecule is CN(C)S(=O)(=O)n1c([C@H]2O[C@H](CO[Si](c3ccccc3)(c3ccccc3)C(C)(C)C)[C@H]3OC(C)(C)O[C@H]32)nc2cc(I)ccc21. The van der Waals surface area contributed by atoms with Gasteiger partial charge in [0.2, 0.25) is 0 Å². The summed E-state index contributed by atoms with van der Waals surface area (Å²) in [6.45, 7) is 10.6. The van der Waals surface area contributed by atoms with Crippen molar-refractivity contribution in [2.45, 2.75) is 69.9 Å². The summed E-state index contributed by atoms with van der Waals surface area (Å²) in [5.74, 6) is -0.649. The molecule has 6 rings (SSSR count). The highest BCUT2D eigenvalue weighted by molar-refractivity contribution is 14.1. The molecule has 1 aromatic heterocycles. The van der Waals surface area contributed by atoms with Gasteiger partial charge in [0.05, 0.1) is 17.6 Å². The number of halogens is 1. The highest BCUT2D eigenvalue weighted by Crippen LogP contribution is 2.47. The second-order valence-corrected chi connectivity index (χ2v) is 20.8. The van der Waals surface area contributed by atoms with Crippen LogP contribution in [0.5, 0.6) is 0 Å². The van der Waals surface area contributed by atoms with Crippen molar-refractivity contribution in [1.29, 1.82) is 0 Å². The Morgan fingerprint density at radius 2 is 1.53 bits per heavy atom. The molecule has 0 N–H and O–H groups in total. The van der Waals surface area contributed by atoms with E-state index in [1.165, 1.54) is 22.4 Å². The third-order valence-corrected chi connectivity index (χ3v) is 16.0. The Morgan fingerprint density at radius 1 is 0.956 bits per heavy atom. The molecule has 2 fully saturated rings. The zero-order valence-electron chi connectivity index (χ0n) is 26.6. The molecular weight excluding hydrogens is 721 g/mol. The standard InChI is InChI=1S/C33H40IN3O6SSi/c1-32(2,3)45(23-14-10-8-11-15-23,24-16-12-9-13-17-24)40-21-27-28-29(43-33(4,5)42-28)30(41-27)31-35-25-20-22(34)18-19-26(25)37(31)44(38,39)36(6)7/h8-20,27-30H,21H2,1-7H3/t27-,28-,29-,30+/m1/s1. The summed E-state index contributed by atoms with van der Waals surface area (Å²) in [5, 5.41) is 2.09. The van der Waals surface area contributed by atoms with Gasteiger partial charge >= 0.3 is 10.2 Å². The average molecular weight is 762 g/mol. The average Bonchev–Trinajstić information content (AvgIpc) is 3.62. The molecule has 0 spiro atoms. The maximum atomic E-state index is 13.8. The number of nitrogens with zero attached hydrogens (tertiary/aromatic N) is 3. The van der Waals surface area contributed by atoms with Crippen molar-refractivity contribution in [3.63, 3.8) is 0 Å². The van der Waals surface area contributed by atoms with Gasteiger partial charge in [0.1, 0.15) is 24.4 Å². The molecule has 4 atom stereocenters. The van der Waals surface area contributed by atoms with Crippen LogP contribution in [0.2, 0.25) is 5.04 Å². The van der Waals surface area contributed by atoms with E-state index in [2.05, 4.69) is 91.9 Å². The van der Waals surface area contributed by atoms with Gasteiger partial charge in [-0.15, -0.1) is 0 Å². The number of fused-ring (bicyclic) bond motifs is 2. The first-order valence-corrected chi connectivity index (χ1v) is 19.4. The summed E-state index contributed by atoms with van der Waals surface area (Å²) in [4.78, 5) is 4.85. The second-order valence-electron chi connectivity index (χ2n) is 13.3. The van der Waals surface area contributed by atoms with Crippen LogP contribution < -0.4 is 10.4 Å². The highest BCUT2D eigenvalue weighted by Gasteiger charge is 2.59. The molecule has 0 bridgehead atoms. The third-order valence-electron chi connectivity index (χ3n) is 8.58. The van der Waals surface area contributed by atoms with E-state index in [9.17, 15) is 8.42 Å². The lowest BCUT2D eigenvalue weighted by Crippen LogP contribution is -2.67. The quantitative estimate of drug-likeness (QED) is 0.188. The topological polar surface area (TPSA) is 92.1 Å². The van der Waals surface area contributed by atoms with Crippen LogP contribution in [-0.4, -0.2) is 74.8 Å². The first-order valence-electron chi connectivity index (χ1n) is 15.0. The Labute approximate surface area is 280 Å². The summed E-state index contributed by atoms with van der Waals surface area (Å²) in [6, 6.07) is 26.4. The summed E-state index contributed by atoms with van der Waals surface area (Å²) in [5.41, 5.74) is 1.04. The number of benzene rings is 3. The molecule has 2 aliphatic rings. The van der Waals surface area contributed by atoms with E-state index in [1.54, 1.807) is 6.07 Å². The van der Waals surface area contributed by atoms with Gasteiger partial charge in [-0.1, -0.05) is 81.4 Å². The highest BCUT2D eigenvalue weighted by atomic mass is 127. The zero-order chi connectivity index (χ0) is 32.4. The molecule has 0 saturated carbocycles. The second kappa shape index (κ2) is 11.8. The monoisotopic (exact) mass is 761 g/mol. The van der Waals surface area contributed by atoms with E-state index < -0.39 is 48.7 Å². The first kappa shape index (κ1) is 32.8. The number of hydrogen-bond acceptors (Lipinski definition) is 7. The van der Waals surface area contributed by atoms with E-state index in [0.29, 0.717) is 11.0 Å². The largest absolute Gasteiger partial charge is 0.405 e. The number of ether oxygens (including phenoxy) is 3. The van der Waals surface area contributed by atoms with Gasteiger partial charge in [0.25, 0.3) is 8.32 Å². The van der Waals surface area contributed by atoms with Crippen LogP contribution in [0.1, 0.15) is 46.5 Å². The van der Waals surface area contributed by atoms with Crippen molar-refractivity contribution >= 4 is 62.5 Å². The predicted molar refractivity (Wildman–Crippen MR) is 185 cm³/mol. The fourth-order valence-electron chi connectivity index (χ4n) is 6.63. The van der Waals surface area contributed by atoms with Gasteiger partial charge in [0.15, 0.2) is 11.6 Å². The Hall–Kier alpha value is -2.17. The molecule has 240 valence electrons. The van der Waals surface area contributed by atoms with Crippen LogP contribution in [0.25, 0.3) is 11.0 Å². The molecule has 3 heterocycles. The van der Waals surface area contributed by atoms with Crippen LogP contribution in [0.4, 0.5) is 0 Å². The van der Waals surface area contributed by atoms with Crippen LogP contribution in [0.3, 0.4) is 0 Å². The minimum Gasteiger partial charge on any atom is -0.405 e. The zero-order valence-corrected chi connectivity index (χ0v) is 30.6. The summed E-state index contributed by atoms with van der Waals surface area (Å²) >= 11 is 2.20. The number of rotatable bonds is 8. The first-order chi connectivity index (χ1) is 21.2. The molecule has 2 aliphatic heterocycles. The van der Waals surface area contributed by atoms with Crippen molar-refractivity contribution in [1.82, 2.24) is 13.3 Å². The van der Waals surface area contributed by atoms with Crippen molar-refractivity contribution in [2.24, 2.45) is 0 Å². The Balaban J connectivity index is 1.44. The van der Waals surface area contributed by atoms with E-state index in [0.717, 1.165) is 13.9 Å². The van der Waals surface area contributed by atoms with Gasteiger partial charge in [-0.25, -0.2) is 8.96 Å². The molecule has 12 heteroatoms. The molecule has 0 amide bonds. The maximum absolute atomic E-state index is 13.8. The molecule has 9 nitrogen and oxygen atoms in total. The summed E-state index contributed by atoms with van der Waals surface area (Å²) in [6.07, 6.45) is -2.46. The van der Waals surface area contributed by atoms with Gasteiger partial charge < -0.3 is 18.6 Å². The molecule has 2 saturated heterocycles. The van der Waals surface area contributed by atoms with Crippen LogP contribution >= 0.6 is 22.6 Å². The lowest BCUT2D eigenvalue weighted by molar-refractivity contribution is -0.191. The molecule has 0 unspecified atom stereocenters.